The molecule has 0 fully saturated rings. The highest BCUT2D eigenvalue weighted by atomic mass is 32.1. The maximum atomic E-state index is 11.2. The van der Waals surface area contributed by atoms with E-state index in [0.29, 0.717) is 6.61 Å². The summed E-state index contributed by atoms with van der Waals surface area (Å²) in [5.74, 6) is -0.397. The Morgan fingerprint density at radius 3 is 2.95 bits per heavy atom. The highest BCUT2D eigenvalue weighted by Crippen LogP contribution is 2.29. The fraction of sp³-hybridized carbons (Fsp3) is 0.154. The van der Waals surface area contributed by atoms with Gasteiger partial charge in [0.2, 0.25) is 0 Å². The molecule has 0 N–H and O–H groups in total. The molecule has 0 unspecified atom stereocenters. The third-order valence-corrected chi connectivity index (χ3v) is 3.48. The van der Waals surface area contributed by atoms with Crippen LogP contribution in [0.25, 0.3) is 16.2 Å². The zero-order valence-corrected chi connectivity index (χ0v) is 11.0. The minimum atomic E-state index is -0.425. The predicted octanol–water partition coefficient (Wildman–Crippen LogP) is 3.39. The van der Waals surface area contributed by atoms with Crippen LogP contribution in [0.4, 0.5) is 5.69 Å². The molecular formula is C13H11NO4S. The Kier molecular flexibility index (Phi) is 3.91. The summed E-state index contributed by atoms with van der Waals surface area (Å²) in [4.78, 5) is 22.3. The number of hydrogen-bond donors (Lipinski definition) is 0. The number of esters is 1. The second-order valence-corrected chi connectivity index (χ2v) is 4.83. The van der Waals surface area contributed by atoms with Crippen LogP contribution in [-0.4, -0.2) is 17.5 Å². The number of nitro groups is 1. The van der Waals surface area contributed by atoms with Gasteiger partial charge in [0.25, 0.3) is 5.69 Å². The standard InChI is InChI=1S/C13H11NO4S/c1-2-18-13(15)6-4-11-8-9-7-10(14(16)17)3-5-12(9)19-11/h3-8H,2H2,1H3/b6-4+. The number of non-ortho nitro benzene ring substituents is 1. The first kappa shape index (κ1) is 13.2. The molecule has 0 atom stereocenters. The molecule has 0 saturated carbocycles. The number of nitrogens with zero attached hydrogens (tertiary/aromatic N) is 1. The van der Waals surface area contributed by atoms with Gasteiger partial charge in [0.1, 0.15) is 0 Å². The van der Waals surface area contributed by atoms with Gasteiger partial charge in [-0.3, -0.25) is 10.1 Å². The van der Waals surface area contributed by atoms with Crippen molar-refractivity contribution >= 4 is 39.2 Å². The number of rotatable bonds is 4. The summed E-state index contributed by atoms with van der Waals surface area (Å²) >= 11 is 1.46. The van der Waals surface area contributed by atoms with Crippen molar-refractivity contribution in [3.63, 3.8) is 0 Å². The topological polar surface area (TPSA) is 69.4 Å². The number of ether oxygens (including phenoxy) is 1. The smallest absolute Gasteiger partial charge is 0.330 e. The van der Waals surface area contributed by atoms with Crippen LogP contribution in [0.2, 0.25) is 0 Å². The lowest BCUT2D eigenvalue weighted by Gasteiger charge is -1.93. The second-order valence-electron chi connectivity index (χ2n) is 3.71. The highest BCUT2D eigenvalue weighted by Gasteiger charge is 2.08. The molecular weight excluding hydrogens is 266 g/mol. The molecule has 0 bridgehead atoms. The van der Waals surface area contributed by atoms with Gasteiger partial charge in [-0.2, -0.15) is 0 Å². The Morgan fingerprint density at radius 2 is 2.26 bits per heavy atom. The van der Waals surface area contributed by atoms with E-state index in [0.717, 1.165) is 15.0 Å². The molecule has 0 radical (unpaired) electrons. The van der Waals surface area contributed by atoms with Gasteiger partial charge in [0.15, 0.2) is 0 Å². The second kappa shape index (κ2) is 5.62. The Hall–Kier alpha value is -2.21. The first-order chi connectivity index (χ1) is 9.10. The van der Waals surface area contributed by atoms with Crippen LogP contribution in [0.15, 0.2) is 30.3 Å². The van der Waals surface area contributed by atoms with Crippen molar-refractivity contribution in [1.82, 2.24) is 0 Å². The van der Waals surface area contributed by atoms with Gasteiger partial charge in [-0.05, 0) is 30.5 Å². The summed E-state index contributed by atoms with van der Waals surface area (Å²) in [7, 11) is 0. The average molecular weight is 277 g/mol. The molecule has 98 valence electrons. The molecule has 1 aromatic carbocycles. The first-order valence-corrected chi connectivity index (χ1v) is 6.44. The zero-order chi connectivity index (χ0) is 13.8. The largest absolute Gasteiger partial charge is 0.463 e. The number of fused-ring (bicyclic) bond motifs is 1. The SMILES string of the molecule is CCOC(=O)/C=C/c1cc2cc([N+](=O)[O-])ccc2s1. The van der Waals surface area contributed by atoms with E-state index in [9.17, 15) is 14.9 Å². The van der Waals surface area contributed by atoms with Crippen LogP contribution < -0.4 is 0 Å². The van der Waals surface area contributed by atoms with Crippen molar-refractivity contribution in [1.29, 1.82) is 0 Å². The Labute approximate surface area is 113 Å². The molecule has 0 saturated heterocycles. The van der Waals surface area contributed by atoms with Gasteiger partial charge >= 0.3 is 5.97 Å². The van der Waals surface area contributed by atoms with Gasteiger partial charge < -0.3 is 4.74 Å². The Morgan fingerprint density at radius 1 is 1.47 bits per heavy atom. The van der Waals surface area contributed by atoms with E-state index in [2.05, 4.69) is 0 Å². The van der Waals surface area contributed by atoms with Crippen molar-refractivity contribution < 1.29 is 14.5 Å². The van der Waals surface area contributed by atoms with E-state index < -0.39 is 10.9 Å². The fourth-order valence-corrected chi connectivity index (χ4v) is 2.54. The summed E-state index contributed by atoms with van der Waals surface area (Å²) < 4.78 is 5.72. The normalized spacial score (nSPS) is 11.0. The number of hydrogen-bond acceptors (Lipinski definition) is 5. The molecule has 19 heavy (non-hydrogen) atoms. The van der Waals surface area contributed by atoms with E-state index in [1.807, 2.05) is 6.07 Å². The number of nitro benzene ring substituents is 1. The third kappa shape index (κ3) is 3.17. The van der Waals surface area contributed by atoms with Crippen molar-refractivity contribution in [2.45, 2.75) is 6.92 Å². The first-order valence-electron chi connectivity index (χ1n) is 5.63. The molecule has 0 aliphatic rings. The molecule has 1 heterocycles. The maximum absolute atomic E-state index is 11.2. The summed E-state index contributed by atoms with van der Waals surface area (Å²) in [6.07, 6.45) is 3.00. The third-order valence-electron chi connectivity index (χ3n) is 2.40. The van der Waals surface area contributed by atoms with Crippen molar-refractivity contribution in [2.24, 2.45) is 0 Å². The van der Waals surface area contributed by atoms with Gasteiger partial charge in [-0.25, -0.2) is 4.79 Å². The zero-order valence-electron chi connectivity index (χ0n) is 10.2. The lowest BCUT2D eigenvalue weighted by atomic mass is 10.2. The number of carbonyl (C=O) groups is 1. The predicted molar refractivity (Wildman–Crippen MR) is 74.1 cm³/mol. The molecule has 6 heteroatoms. The van der Waals surface area contributed by atoms with Crippen LogP contribution in [0.5, 0.6) is 0 Å². The quantitative estimate of drug-likeness (QED) is 0.372. The number of thiophene rings is 1. The van der Waals surface area contributed by atoms with Crippen LogP contribution in [0.3, 0.4) is 0 Å². The molecule has 0 aliphatic heterocycles. The summed E-state index contributed by atoms with van der Waals surface area (Å²) in [5, 5.41) is 11.5. The van der Waals surface area contributed by atoms with Crippen molar-refractivity contribution in [3.8, 4) is 0 Å². The summed E-state index contributed by atoms with van der Waals surface area (Å²) in [6.45, 7) is 2.08. The van der Waals surface area contributed by atoms with E-state index >= 15 is 0 Å². The molecule has 0 amide bonds. The van der Waals surface area contributed by atoms with Crippen LogP contribution in [0, 0.1) is 10.1 Å². The Bertz CT molecular complexity index is 660. The van der Waals surface area contributed by atoms with Crippen LogP contribution in [0.1, 0.15) is 11.8 Å². The molecule has 1 aromatic heterocycles. The molecule has 2 aromatic rings. The minimum absolute atomic E-state index is 0.0613. The summed E-state index contributed by atoms with van der Waals surface area (Å²) in [6, 6.07) is 6.51. The summed E-state index contributed by atoms with van der Waals surface area (Å²) in [5.41, 5.74) is 0.0613. The lowest BCUT2D eigenvalue weighted by molar-refractivity contribution is -0.384. The number of benzene rings is 1. The van der Waals surface area contributed by atoms with E-state index in [1.54, 1.807) is 19.1 Å². The molecule has 2 rings (SSSR count). The molecule has 5 nitrogen and oxygen atoms in total. The van der Waals surface area contributed by atoms with Crippen LogP contribution >= 0.6 is 11.3 Å². The van der Waals surface area contributed by atoms with E-state index in [1.165, 1.54) is 29.5 Å². The lowest BCUT2D eigenvalue weighted by Crippen LogP contribution is -1.98. The van der Waals surface area contributed by atoms with Gasteiger partial charge in [-0.1, -0.05) is 0 Å². The maximum Gasteiger partial charge on any atom is 0.330 e. The molecule has 0 spiro atoms. The van der Waals surface area contributed by atoms with Crippen LogP contribution in [-0.2, 0) is 9.53 Å². The van der Waals surface area contributed by atoms with E-state index in [-0.39, 0.29) is 5.69 Å². The average Bonchev–Trinajstić information content (AvgIpc) is 2.78. The van der Waals surface area contributed by atoms with Gasteiger partial charge in [-0.15, -0.1) is 11.3 Å². The minimum Gasteiger partial charge on any atom is -0.463 e. The van der Waals surface area contributed by atoms with Crippen molar-refractivity contribution in [3.05, 3.63) is 45.3 Å². The monoisotopic (exact) mass is 277 g/mol. The van der Waals surface area contributed by atoms with Gasteiger partial charge in [0, 0.05) is 27.8 Å². The number of carbonyl (C=O) groups excluding carboxylic acids is 1. The fourth-order valence-electron chi connectivity index (χ4n) is 1.59. The highest BCUT2D eigenvalue weighted by molar-refractivity contribution is 7.19. The van der Waals surface area contributed by atoms with E-state index in [4.69, 9.17) is 4.74 Å². The van der Waals surface area contributed by atoms with Crippen molar-refractivity contribution in [2.75, 3.05) is 6.61 Å². The van der Waals surface area contributed by atoms with Gasteiger partial charge in [0.05, 0.1) is 11.5 Å². The Balaban J connectivity index is 2.26. The molecule has 0 aliphatic carbocycles.